The van der Waals surface area contributed by atoms with Gasteiger partial charge in [-0.15, -0.1) is 0 Å². The van der Waals surface area contributed by atoms with Crippen LogP contribution in [0, 0.1) is 0 Å². The fraction of sp³-hybridized carbons (Fsp3) is 0.286. The van der Waals surface area contributed by atoms with Crippen molar-refractivity contribution in [2.24, 2.45) is 0 Å². The van der Waals surface area contributed by atoms with E-state index in [1.54, 1.807) is 6.07 Å². The van der Waals surface area contributed by atoms with Crippen molar-refractivity contribution < 1.29 is 9.59 Å². The number of amides is 2. The summed E-state index contributed by atoms with van der Waals surface area (Å²) in [5.74, 6) is -0.461. The molecule has 0 bridgehead atoms. The summed E-state index contributed by atoms with van der Waals surface area (Å²) in [7, 11) is 0. The lowest BCUT2D eigenvalue weighted by molar-refractivity contribution is 0.0949. The molecule has 3 aromatic rings. The molecule has 1 aromatic carbocycles. The number of carbonyl (C=O) groups excluding carboxylic acids is 2. The summed E-state index contributed by atoms with van der Waals surface area (Å²) in [6, 6.07) is 11.2. The third kappa shape index (κ3) is 4.73. The van der Waals surface area contributed by atoms with Crippen molar-refractivity contribution in [3.05, 3.63) is 65.6 Å². The lowest BCUT2D eigenvalue weighted by Crippen LogP contribution is -2.28. The number of aromatic amines is 1. The molecule has 2 amide bonds. The minimum atomic E-state index is -0.280. The fourth-order valence-electron chi connectivity index (χ4n) is 2.92. The number of hydrogen-bond acceptors (Lipinski definition) is 3. The highest BCUT2D eigenvalue weighted by molar-refractivity contribution is 5.98. The Morgan fingerprint density at radius 1 is 1.07 bits per heavy atom. The largest absolute Gasteiger partial charge is 0.361 e. The van der Waals surface area contributed by atoms with Crippen LogP contribution in [-0.2, 0) is 6.42 Å². The van der Waals surface area contributed by atoms with Crippen LogP contribution >= 0.6 is 0 Å². The van der Waals surface area contributed by atoms with Crippen molar-refractivity contribution in [1.82, 2.24) is 20.6 Å². The maximum atomic E-state index is 12.4. The van der Waals surface area contributed by atoms with Crippen molar-refractivity contribution in [3.8, 4) is 0 Å². The molecular weight excluding hydrogens is 340 g/mol. The zero-order chi connectivity index (χ0) is 19.1. The Bertz CT molecular complexity index is 933. The number of para-hydroxylation sites is 1. The molecule has 0 aliphatic carbocycles. The molecule has 0 aliphatic heterocycles. The quantitative estimate of drug-likeness (QED) is 0.537. The maximum absolute atomic E-state index is 12.4. The van der Waals surface area contributed by atoms with Gasteiger partial charge in [0.05, 0.1) is 0 Å². The van der Waals surface area contributed by atoms with Crippen molar-refractivity contribution in [3.63, 3.8) is 0 Å². The normalized spacial score (nSPS) is 10.7. The Kier molecular flexibility index (Phi) is 6.20. The number of nitrogens with zero attached hydrogens (tertiary/aromatic N) is 1. The standard InChI is InChI=1S/C21H24N4O2/c1-2-3-10-23-20(26)15-8-11-22-19(13-15)21(27)24-12-9-16-14-25-18-7-5-4-6-17(16)18/h4-8,11,13-14,25H,2-3,9-10,12H2,1H3,(H,23,26)(H,24,27). The van der Waals surface area contributed by atoms with E-state index >= 15 is 0 Å². The zero-order valence-corrected chi connectivity index (χ0v) is 15.4. The van der Waals surface area contributed by atoms with Gasteiger partial charge in [0.2, 0.25) is 0 Å². The highest BCUT2D eigenvalue weighted by atomic mass is 16.2. The molecule has 0 radical (unpaired) electrons. The van der Waals surface area contributed by atoms with E-state index in [1.165, 1.54) is 12.3 Å². The van der Waals surface area contributed by atoms with Crippen LogP contribution in [-0.4, -0.2) is 34.9 Å². The number of rotatable bonds is 8. The maximum Gasteiger partial charge on any atom is 0.269 e. The number of aromatic nitrogens is 2. The Morgan fingerprint density at radius 3 is 2.74 bits per heavy atom. The van der Waals surface area contributed by atoms with Gasteiger partial charge in [0.25, 0.3) is 11.8 Å². The van der Waals surface area contributed by atoms with E-state index in [0.29, 0.717) is 25.1 Å². The second-order valence-corrected chi connectivity index (χ2v) is 6.40. The third-order valence-corrected chi connectivity index (χ3v) is 4.43. The van der Waals surface area contributed by atoms with Crippen molar-refractivity contribution in [2.45, 2.75) is 26.2 Å². The topological polar surface area (TPSA) is 86.9 Å². The van der Waals surface area contributed by atoms with Gasteiger partial charge in [-0.1, -0.05) is 31.5 Å². The molecule has 0 spiro atoms. The average Bonchev–Trinajstić information content (AvgIpc) is 3.11. The Labute approximate surface area is 158 Å². The van der Waals surface area contributed by atoms with Crippen molar-refractivity contribution in [2.75, 3.05) is 13.1 Å². The molecule has 0 unspecified atom stereocenters. The number of H-pyrrole nitrogens is 1. The molecule has 0 saturated carbocycles. The first kappa shape index (κ1) is 18.6. The van der Waals surface area contributed by atoms with Crippen LogP contribution in [0.1, 0.15) is 46.2 Å². The second kappa shape index (κ2) is 8.98. The van der Waals surface area contributed by atoms with E-state index in [9.17, 15) is 9.59 Å². The third-order valence-electron chi connectivity index (χ3n) is 4.43. The number of carbonyl (C=O) groups is 2. The predicted octanol–water partition coefficient (Wildman–Crippen LogP) is 3.07. The summed E-state index contributed by atoms with van der Waals surface area (Å²) in [5, 5.41) is 6.88. The van der Waals surface area contributed by atoms with Gasteiger partial charge in [-0.3, -0.25) is 14.6 Å². The molecule has 27 heavy (non-hydrogen) atoms. The predicted molar refractivity (Wildman–Crippen MR) is 106 cm³/mol. The molecule has 0 atom stereocenters. The summed E-state index contributed by atoms with van der Waals surface area (Å²) < 4.78 is 0. The zero-order valence-electron chi connectivity index (χ0n) is 15.4. The van der Waals surface area contributed by atoms with Crippen LogP contribution in [0.5, 0.6) is 0 Å². The minimum absolute atomic E-state index is 0.182. The van der Waals surface area contributed by atoms with Gasteiger partial charge in [-0.05, 0) is 36.6 Å². The molecule has 140 valence electrons. The van der Waals surface area contributed by atoms with Crippen LogP contribution in [0.15, 0.2) is 48.8 Å². The number of pyridine rings is 1. The first-order chi connectivity index (χ1) is 13.2. The van der Waals surface area contributed by atoms with Gasteiger partial charge in [-0.25, -0.2) is 0 Å². The van der Waals surface area contributed by atoms with Gasteiger partial charge in [0.1, 0.15) is 5.69 Å². The van der Waals surface area contributed by atoms with Crippen LogP contribution in [0.2, 0.25) is 0 Å². The highest BCUT2D eigenvalue weighted by Crippen LogP contribution is 2.17. The van der Waals surface area contributed by atoms with E-state index in [0.717, 1.165) is 29.3 Å². The number of fused-ring (bicyclic) bond motifs is 1. The molecule has 0 saturated heterocycles. The van der Waals surface area contributed by atoms with Crippen LogP contribution in [0.3, 0.4) is 0 Å². The second-order valence-electron chi connectivity index (χ2n) is 6.40. The molecule has 0 fully saturated rings. The van der Waals surface area contributed by atoms with E-state index in [4.69, 9.17) is 0 Å². The number of benzene rings is 1. The highest BCUT2D eigenvalue weighted by Gasteiger charge is 2.12. The van der Waals surface area contributed by atoms with Gasteiger partial charge in [0.15, 0.2) is 0 Å². The lowest BCUT2D eigenvalue weighted by atomic mass is 10.1. The SMILES string of the molecule is CCCCNC(=O)c1ccnc(C(=O)NCCc2c[nH]c3ccccc23)c1. The molecule has 3 N–H and O–H groups in total. The first-order valence-corrected chi connectivity index (χ1v) is 9.26. The Morgan fingerprint density at radius 2 is 1.89 bits per heavy atom. The summed E-state index contributed by atoms with van der Waals surface area (Å²) in [6.45, 7) is 3.19. The first-order valence-electron chi connectivity index (χ1n) is 9.26. The monoisotopic (exact) mass is 364 g/mol. The summed E-state index contributed by atoms with van der Waals surface area (Å²) in [4.78, 5) is 31.8. The number of nitrogens with one attached hydrogen (secondary N) is 3. The summed E-state index contributed by atoms with van der Waals surface area (Å²) in [6.07, 6.45) is 6.12. The van der Waals surface area contributed by atoms with Crippen LogP contribution in [0.25, 0.3) is 10.9 Å². The Hall–Kier alpha value is -3.15. The van der Waals surface area contributed by atoms with E-state index in [2.05, 4.69) is 33.6 Å². The van der Waals surface area contributed by atoms with Crippen molar-refractivity contribution in [1.29, 1.82) is 0 Å². The summed E-state index contributed by atoms with van der Waals surface area (Å²) in [5.41, 5.74) is 2.94. The molecule has 6 nitrogen and oxygen atoms in total. The fourth-order valence-corrected chi connectivity index (χ4v) is 2.92. The van der Waals surface area contributed by atoms with E-state index < -0.39 is 0 Å². The smallest absolute Gasteiger partial charge is 0.269 e. The van der Waals surface area contributed by atoms with Gasteiger partial charge >= 0.3 is 0 Å². The van der Waals surface area contributed by atoms with Crippen LogP contribution < -0.4 is 10.6 Å². The van der Waals surface area contributed by atoms with Crippen molar-refractivity contribution >= 4 is 22.7 Å². The Balaban J connectivity index is 1.56. The minimum Gasteiger partial charge on any atom is -0.361 e. The molecular formula is C21H24N4O2. The molecule has 0 aliphatic rings. The molecule has 2 heterocycles. The van der Waals surface area contributed by atoms with Gasteiger partial charge < -0.3 is 15.6 Å². The summed E-state index contributed by atoms with van der Waals surface area (Å²) >= 11 is 0. The molecule has 6 heteroatoms. The molecule has 2 aromatic heterocycles. The van der Waals surface area contributed by atoms with Gasteiger partial charge in [-0.2, -0.15) is 0 Å². The number of hydrogen-bond donors (Lipinski definition) is 3. The average molecular weight is 364 g/mol. The lowest BCUT2D eigenvalue weighted by Gasteiger charge is -2.07. The molecule has 3 rings (SSSR count). The number of unbranched alkanes of at least 4 members (excludes halogenated alkanes) is 1. The van der Waals surface area contributed by atoms with E-state index in [-0.39, 0.29) is 17.5 Å². The van der Waals surface area contributed by atoms with Gasteiger partial charge in [0, 0.05) is 41.9 Å². The van der Waals surface area contributed by atoms with E-state index in [1.807, 2.05) is 24.4 Å². The van der Waals surface area contributed by atoms with Crippen LogP contribution in [0.4, 0.5) is 0 Å².